The fourth-order valence-corrected chi connectivity index (χ4v) is 3.67. The van der Waals surface area contributed by atoms with Gasteiger partial charge in [-0.15, -0.1) is 0 Å². The lowest BCUT2D eigenvalue weighted by Crippen LogP contribution is -2.30. The molecule has 6 nitrogen and oxygen atoms in total. The maximum absolute atomic E-state index is 5.52. The number of aromatic nitrogens is 2. The molecule has 1 fully saturated rings. The second-order valence-electron chi connectivity index (χ2n) is 7.13. The van der Waals surface area contributed by atoms with E-state index in [9.17, 15) is 0 Å². The summed E-state index contributed by atoms with van der Waals surface area (Å²) < 4.78 is 11.0. The molecule has 1 aliphatic heterocycles. The number of fused-ring (bicyclic) bond motifs is 1. The van der Waals surface area contributed by atoms with Gasteiger partial charge in [0.1, 0.15) is 0 Å². The summed E-state index contributed by atoms with van der Waals surface area (Å²) in [6.07, 6.45) is 3.30. The second kappa shape index (κ2) is 8.08. The van der Waals surface area contributed by atoms with Crippen LogP contribution in [-0.4, -0.2) is 62.8 Å². The molecular formula is C20H30N4O2. The van der Waals surface area contributed by atoms with Crippen molar-refractivity contribution >= 4 is 16.9 Å². The van der Waals surface area contributed by atoms with Crippen LogP contribution in [0.4, 0.5) is 5.95 Å². The van der Waals surface area contributed by atoms with Gasteiger partial charge in [-0.3, -0.25) is 0 Å². The number of hydrogen-bond donors (Lipinski definition) is 0. The molecule has 6 heteroatoms. The van der Waals surface area contributed by atoms with Gasteiger partial charge in [0.25, 0.3) is 0 Å². The van der Waals surface area contributed by atoms with Crippen molar-refractivity contribution in [3.8, 4) is 11.5 Å². The van der Waals surface area contributed by atoms with Gasteiger partial charge in [-0.1, -0.05) is 6.92 Å². The normalized spacial score (nSPS) is 16.0. The van der Waals surface area contributed by atoms with Gasteiger partial charge >= 0.3 is 0 Å². The molecule has 2 aromatic rings. The van der Waals surface area contributed by atoms with Crippen molar-refractivity contribution in [2.45, 2.75) is 32.1 Å². The summed E-state index contributed by atoms with van der Waals surface area (Å²) in [7, 11) is 7.57. The molecule has 0 spiro atoms. The zero-order valence-electron chi connectivity index (χ0n) is 16.6. The van der Waals surface area contributed by atoms with E-state index in [1.54, 1.807) is 14.2 Å². The molecule has 0 atom stereocenters. The molecule has 0 N–H and O–H groups in total. The van der Waals surface area contributed by atoms with Crippen LogP contribution in [-0.2, 0) is 0 Å². The molecule has 0 radical (unpaired) electrons. The van der Waals surface area contributed by atoms with E-state index in [1.807, 2.05) is 12.1 Å². The molecular weight excluding hydrogens is 328 g/mol. The number of hydrogen-bond acceptors (Lipinski definition) is 6. The Hall–Kier alpha value is -2.08. The number of likely N-dealkylation sites (tertiary alicyclic amines) is 1. The van der Waals surface area contributed by atoms with Gasteiger partial charge in [0.05, 0.1) is 25.4 Å². The van der Waals surface area contributed by atoms with Crippen molar-refractivity contribution in [1.82, 2.24) is 14.9 Å². The number of methoxy groups -OCH3 is 2. The fraction of sp³-hybridized carbons (Fsp3) is 0.600. The summed E-state index contributed by atoms with van der Waals surface area (Å²) in [6, 6.07) is 4.00. The highest BCUT2D eigenvalue weighted by Gasteiger charge is 2.24. The highest BCUT2D eigenvalue weighted by molar-refractivity contribution is 5.86. The predicted molar refractivity (Wildman–Crippen MR) is 106 cm³/mol. The first-order valence-electron chi connectivity index (χ1n) is 9.40. The largest absolute Gasteiger partial charge is 0.493 e. The lowest BCUT2D eigenvalue weighted by Gasteiger charge is -2.30. The van der Waals surface area contributed by atoms with Crippen LogP contribution in [0.3, 0.4) is 0 Å². The predicted octanol–water partition coefficient (Wildman–Crippen LogP) is 3.30. The van der Waals surface area contributed by atoms with Crippen molar-refractivity contribution in [2.24, 2.45) is 0 Å². The van der Waals surface area contributed by atoms with Crippen molar-refractivity contribution in [1.29, 1.82) is 0 Å². The average Bonchev–Trinajstić information content (AvgIpc) is 2.66. The Morgan fingerprint density at radius 2 is 1.77 bits per heavy atom. The third-order valence-corrected chi connectivity index (χ3v) is 5.22. The van der Waals surface area contributed by atoms with Crippen LogP contribution in [0, 0.1) is 0 Å². The maximum Gasteiger partial charge on any atom is 0.225 e. The van der Waals surface area contributed by atoms with E-state index in [0.29, 0.717) is 11.7 Å². The Morgan fingerprint density at radius 1 is 1.12 bits per heavy atom. The molecule has 3 rings (SSSR count). The van der Waals surface area contributed by atoms with Gasteiger partial charge < -0.3 is 19.3 Å². The molecule has 1 aliphatic rings. The van der Waals surface area contributed by atoms with Crippen LogP contribution >= 0.6 is 0 Å². The van der Waals surface area contributed by atoms with Gasteiger partial charge in [0.2, 0.25) is 5.95 Å². The Bertz CT molecular complexity index is 757. The molecule has 142 valence electrons. The zero-order valence-corrected chi connectivity index (χ0v) is 16.6. The number of rotatable bonds is 6. The number of anilines is 1. The minimum absolute atomic E-state index is 0.448. The van der Waals surface area contributed by atoms with Crippen molar-refractivity contribution in [3.63, 3.8) is 0 Å². The number of piperidine rings is 1. The molecule has 0 unspecified atom stereocenters. The summed E-state index contributed by atoms with van der Waals surface area (Å²) in [5.74, 6) is 2.67. The molecule has 0 amide bonds. The molecule has 26 heavy (non-hydrogen) atoms. The van der Waals surface area contributed by atoms with Gasteiger partial charge in [-0.05, 0) is 45.5 Å². The SMILES string of the molecule is CCCN(C)c1nc(C2CCN(C)CC2)c2cc(OC)c(OC)cc2n1. The van der Waals surface area contributed by atoms with E-state index in [0.717, 1.165) is 67.2 Å². The number of nitrogens with zero attached hydrogens (tertiary/aromatic N) is 4. The van der Waals surface area contributed by atoms with Gasteiger partial charge in [0, 0.05) is 31.0 Å². The van der Waals surface area contributed by atoms with E-state index in [4.69, 9.17) is 19.4 Å². The van der Waals surface area contributed by atoms with Crippen LogP contribution in [0.15, 0.2) is 12.1 Å². The number of benzene rings is 1. The molecule has 1 saturated heterocycles. The molecule has 0 aliphatic carbocycles. The molecule has 2 heterocycles. The third-order valence-electron chi connectivity index (χ3n) is 5.22. The average molecular weight is 358 g/mol. The monoisotopic (exact) mass is 358 g/mol. The minimum atomic E-state index is 0.448. The molecule has 1 aromatic carbocycles. The van der Waals surface area contributed by atoms with Gasteiger partial charge in [0.15, 0.2) is 11.5 Å². The summed E-state index contributed by atoms with van der Waals surface area (Å²) in [5.41, 5.74) is 2.06. The Morgan fingerprint density at radius 3 is 2.38 bits per heavy atom. The Labute approximate surface area is 156 Å². The highest BCUT2D eigenvalue weighted by Crippen LogP contribution is 2.37. The van der Waals surface area contributed by atoms with Crippen molar-refractivity contribution in [3.05, 3.63) is 17.8 Å². The van der Waals surface area contributed by atoms with Crippen LogP contribution in [0.2, 0.25) is 0 Å². The van der Waals surface area contributed by atoms with Crippen molar-refractivity contribution < 1.29 is 9.47 Å². The fourth-order valence-electron chi connectivity index (χ4n) is 3.67. The quantitative estimate of drug-likeness (QED) is 0.790. The first kappa shape index (κ1) is 18.7. The van der Waals surface area contributed by atoms with Crippen LogP contribution in [0.25, 0.3) is 10.9 Å². The zero-order chi connectivity index (χ0) is 18.7. The van der Waals surface area contributed by atoms with Crippen molar-refractivity contribution in [2.75, 3.05) is 52.8 Å². The van der Waals surface area contributed by atoms with Gasteiger partial charge in [-0.2, -0.15) is 0 Å². The first-order valence-corrected chi connectivity index (χ1v) is 9.40. The standard InChI is InChI=1S/C20H30N4O2/c1-6-9-24(3)20-21-16-13-18(26-5)17(25-4)12-15(16)19(22-20)14-7-10-23(2)11-8-14/h12-14H,6-11H2,1-5H3. The summed E-state index contributed by atoms with van der Waals surface area (Å²) in [4.78, 5) is 14.3. The van der Waals surface area contributed by atoms with Gasteiger partial charge in [-0.25, -0.2) is 9.97 Å². The second-order valence-corrected chi connectivity index (χ2v) is 7.13. The summed E-state index contributed by atoms with van der Waals surface area (Å²) in [5, 5.41) is 1.07. The minimum Gasteiger partial charge on any atom is -0.493 e. The molecule has 1 aromatic heterocycles. The van der Waals surface area contributed by atoms with E-state index in [1.165, 1.54) is 0 Å². The first-order chi connectivity index (χ1) is 12.6. The lowest BCUT2D eigenvalue weighted by atomic mass is 9.91. The summed E-state index contributed by atoms with van der Waals surface area (Å²) in [6.45, 7) is 5.31. The number of ether oxygens (including phenoxy) is 2. The van der Waals surface area contributed by atoms with Crippen LogP contribution in [0.1, 0.15) is 37.8 Å². The van der Waals surface area contributed by atoms with E-state index in [2.05, 4.69) is 30.8 Å². The van der Waals surface area contributed by atoms with E-state index < -0.39 is 0 Å². The van der Waals surface area contributed by atoms with E-state index >= 15 is 0 Å². The summed E-state index contributed by atoms with van der Waals surface area (Å²) >= 11 is 0. The molecule has 0 saturated carbocycles. The lowest BCUT2D eigenvalue weighted by molar-refractivity contribution is 0.254. The maximum atomic E-state index is 5.52. The molecule has 0 bridgehead atoms. The van der Waals surface area contributed by atoms with Crippen LogP contribution in [0.5, 0.6) is 11.5 Å². The topological polar surface area (TPSA) is 50.7 Å². The van der Waals surface area contributed by atoms with E-state index in [-0.39, 0.29) is 0 Å². The third kappa shape index (κ3) is 3.70. The Kier molecular flexibility index (Phi) is 5.81. The Balaban J connectivity index is 2.14. The smallest absolute Gasteiger partial charge is 0.225 e. The highest BCUT2D eigenvalue weighted by atomic mass is 16.5. The van der Waals surface area contributed by atoms with Crippen LogP contribution < -0.4 is 14.4 Å².